The number of amides is 1. The SMILES string of the molecule is COC[C@@H]1CCCN1S(=O)(=O)c1ccc2c(c1)C(=O)C(=O)N2CCC(=O)O. The van der Waals surface area contributed by atoms with E-state index in [0.717, 1.165) is 11.3 Å². The summed E-state index contributed by atoms with van der Waals surface area (Å²) in [7, 11) is -2.33. The van der Waals surface area contributed by atoms with Crippen molar-refractivity contribution in [1.82, 2.24) is 4.31 Å². The topological polar surface area (TPSA) is 121 Å². The van der Waals surface area contributed by atoms with Crippen LogP contribution in [0.4, 0.5) is 5.69 Å². The summed E-state index contributed by atoms with van der Waals surface area (Å²) >= 11 is 0. The number of ether oxygens (including phenoxy) is 1. The lowest BCUT2D eigenvalue weighted by Gasteiger charge is -2.23. The van der Waals surface area contributed by atoms with Crippen molar-refractivity contribution >= 4 is 33.4 Å². The van der Waals surface area contributed by atoms with Gasteiger partial charge in [0.15, 0.2) is 0 Å². The molecule has 0 aromatic heterocycles. The monoisotopic (exact) mass is 396 g/mol. The van der Waals surface area contributed by atoms with Crippen molar-refractivity contribution in [3.63, 3.8) is 0 Å². The third-order valence-electron chi connectivity index (χ3n) is 4.78. The van der Waals surface area contributed by atoms with Gasteiger partial charge in [-0.1, -0.05) is 0 Å². The Morgan fingerprint density at radius 3 is 2.74 bits per heavy atom. The summed E-state index contributed by atoms with van der Waals surface area (Å²) in [5.74, 6) is -2.78. The lowest BCUT2D eigenvalue weighted by Crippen LogP contribution is -2.38. The van der Waals surface area contributed by atoms with Gasteiger partial charge in [-0.15, -0.1) is 0 Å². The van der Waals surface area contributed by atoms with Crippen LogP contribution in [0.3, 0.4) is 0 Å². The predicted octanol–water partition coefficient (Wildman–Crippen LogP) is 0.490. The van der Waals surface area contributed by atoms with Gasteiger partial charge in [-0.3, -0.25) is 14.4 Å². The lowest BCUT2D eigenvalue weighted by molar-refractivity contribution is -0.136. The number of nitrogens with zero attached hydrogens (tertiary/aromatic N) is 2. The van der Waals surface area contributed by atoms with Crippen LogP contribution in [0.1, 0.15) is 29.6 Å². The molecular weight excluding hydrogens is 376 g/mol. The van der Waals surface area contributed by atoms with Crippen molar-refractivity contribution in [3.8, 4) is 0 Å². The average molecular weight is 396 g/mol. The first-order chi connectivity index (χ1) is 12.8. The second-order valence-corrected chi connectivity index (χ2v) is 8.37. The summed E-state index contributed by atoms with van der Waals surface area (Å²) < 4.78 is 32.4. The molecule has 10 heteroatoms. The number of Topliss-reactive ketones (excluding diaryl/α,β-unsaturated/α-hetero) is 1. The van der Waals surface area contributed by atoms with Crippen LogP contribution in [0.2, 0.25) is 0 Å². The van der Waals surface area contributed by atoms with Gasteiger partial charge in [-0.05, 0) is 31.0 Å². The van der Waals surface area contributed by atoms with Gasteiger partial charge in [0.1, 0.15) is 0 Å². The normalized spacial score (nSPS) is 20.3. The molecule has 0 bridgehead atoms. The van der Waals surface area contributed by atoms with E-state index in [1.165, 1.54) is 29.6 Å². The van der Waals surface area contributed by atoms with E-state index in [2.05, 4.69) is 0 Å². The molecule has 1 N–H and O–H groups in total. The van der Waals surface area contributed by atoms with E-state index in [9.17, 15) is 22.8 Å². The summed E-state index contributed by atoms with van der Waals surface area (Å²) in [6, 6.07) is 3.66. The fraction of sp³-hybridized carbons (Fsp3) is 0.471. The minimum Gasteiger partial charge on any atom is -0.481 e. The first kappa shape index (κ1) is 19.5. The van der Waals surface area contributed by atoms with Crippen LogP contribution in [0.15, 0.2) is 23.1 Å². The third kappa shape index (κ3) is 3.47. The van der Waals surface area contributed by atoms with Gasteiger partial charge in [0.25, 0.3) is 11.7 Å². The summed E-state index contributed by atoms with van der Waals surface area (Å²) in [6.07, 6.45) is 1.10. The standard InChI is InChI=1S/C17H20N2O7S/c1-26-10-11-3-2-7-19(11)27(24,25)12-4-5-14-13(9-12)16(22)17(23)18(14)8-6-15(20)21/h4-5,9,11H,2-3,6-8,10H2,1H3,(H,20,21)/t11-/m0/s1. The Kier molecular flexibility index (Phi) is 5.31. The Morgan fingerprint density at radius 1 is 1.33 bits per heavy atom. The van der Waals surface area contributed by atoms with Crippen molar-refractivity contribution in [2.75, 3.05) is 31.7 Å². The average Bonchev–Trinajstić information content (AvgIpc) is 3.18. The fourth-order valence-corrected chi connectivity index (χ4v) is 5.20. The van der Waals surface area contributed by atoms with Gasteiger partial charge in [0, 0.05) is 26.2 Å². The molecule has 9 nitrogen and oxygen atoms in total. The number of methoxy groups -OCH3 is 1. The molecule has 146 valence electrons. The summed E-state index contributed by atoms with van der Waals surface area (Å²) in [5, 5.41) is 8.80. The van der Waals surface area contributed by atoms with E-state index in [4.69, 9.17) is 9.84 Å². The Bertz CT molecular complexity index is 897. The van der Waals surface area contributed by atoms with Gasteiger partial charge in [0.05, 0.1) is 29.2 Å². The minimum absolute atomic E-state index is 0.0195. The number of ketones is 1. The van der Waals surface area contributed by atoms with Crippen LogP contribution in [0.25, 0.3) is 0 Å². The number of hydrogen-bond acceptors (Lipinski definition) is 6. The van der Waals surface area contributed by atoms with Crippen molar-refractivity contribution in [2.24, 2.45) is 0 Å². The van der Waals surface area contributed by atoms with E-state index in [0.29, 0.717) is 13.0 Å². The highest BCUT2D eigenvalue weighted by Crippen LogP contribution is 2.33. The quantitative estimate of drug-likeness (QED) is 0.666. The molecule has 1 aromatic carbocycles. The van der Waals surface area contributed by atoms with Crippen molar-refractivity contribution in [2.45, 2.75) is 30.2 Å². The first-order valence-corrected chi connectivity index (χ1v) is 9.94. The molecule has 1 atom stereocenters. The second kappa shape index (κ2) is 7.37. The number of sulfonamides is 1. The maximum absolute atomic E-state index is 13.0. The molecule has 0 unspecified atom stereocenters. The van der Waals surface area contributed by atoms with Crippen LogP contribution >= 0.6 is 0 Å². The number of carboxylic acid groups (broad SMARTS) is 1. The highest BCUT2D eigenvalue weighted by atomic mass is 32.2. The molecule has 2 aliphatic rings. The highest BCUT2D eigenvalue weighted by molar-refractivity contribution is 7.89. The Labute approximate surface area is 156 Å². The maximum Gasteiger partial charge on any atom is 0.305 e. The molecule has 1 amide bonds. The fourth-order valence-electron chi connectivity index (χ4n) is 3.49. The van der Waals surface area contributed by atoms with Crippen LogP contribution in [0.5, 0.6) is 0 Å². The highest BCUT2D eigenvalue weighted by Gasteiger charge is 2.39. The zero-order valence-corrected chi connectivity index (χ0v) is 15.6. The molecule has 0 radical (unpaired) electrons. The molecular formula is C17H20N2O7S. The first-order valence-electron chi connectivity index (χ1n) is 8.50. The largest absolute Gasteiger partial charge is 0.481 e. The third-order valence-corrected chi connectivity index (χ3v) is 6.73. The summed E-state index contributed by atoms with van der Waals surface area (Å²) in [4.78, 5) is 36.2. The Hall–Kier alpha value is -2.30. The van der Waals surface area contributed by atoms with Gasteiger partial charge < -0.3 is 14.7 Å². The summed E-state index contributed by atoms with van der Waals surface area (Å²) in [5.41, 5.74) is 0.217. The molecule has 1 fully saturated rings. The van der Waals surface area contributed by atoms with Crippen LogP contribution in [-0.4, -0.2) is 68.3 Å². The van der Waals surface area contributed by atoms with E-state index in [1.54, 1.807) is 0 Å². The van der Waals surface area contributed by atoms with Crippen LogP contribution < -0.4 is 4.90 Å². The molecule has 3 rings (SSSR count). The van der Waals surface area contributed by atoms with E-state index in [-0.39, 0.29) is 41.8 Å². The zero-order valence-electron chi connectivity index (χ0n) is 14.8. The number of hydrogen-bond donors (Lipinski definition) is 1. The Balaban J connectivity index is 1.93. The number of carbonyl (C=O) groups is 3. The van der Waals surface area contributed by atoms with Gasteiger partial charge in [-0.2, -0.15) is 4.31 Å². The van der Waals surface area contributed by atoms with Crippen molar-refractivity contribution in [3.05, 3.63) is 23.8 Å². The predicted molar refractivity (Wildman–Crippen MR) is 94.2 cm³/mol. The van der Waals surface area contributed by atoms with Crippen LogP contribution in [0, 0.1) is 0 Å². The number of carboxylic acids is 1. The molecule has 0 spiro atoms. The zero-order chi connectivity index (χ0) is 19.8. The number of carbonyl (C=O) groups excluding carboxylic acids is 2. The van der Waals surface area contributed by atoms with Gasteiger partial charge in [0.2, 0.25) is 10.0 Å². The van der Waals surface area contributed by atoms with Gasteiger partial charge in [-0.25, -0.2) is 8.42 Å². The minimum atomic E-state index is -3.84. The molecule has 0 aliphatic carbocycles. The molecule has 2 heterocycles. The molecule has 27 heavy (non-hydrogen) atoms. The number of fused-ring (bicyclic) bond motifs is 1. The number of benzene rings is 1. The van der Waals surface area contributed by atoms with E-state index < -0.39 is 27.7 Å². The molecule has 1 saturated heterocycles. The maximum atomic E-state index is 13.0. The van der Waals surface area contributed by atoms with E-state index in [1.807, 2.05) is 0 Å². The van der Waals surface area contributed by atoms with Crippen LogP contribution in [-0.2, 0) is 24.3 Å². The molecule has 2 aliphatic heterocycles. The number of aliphatic carboxylic acids is 1. The number of rotatable bonds is 7. The molecule has 1 aromatic rings. The molecule has 0 saturated carbocycles. The summed E-state index contributed by atoms with van der Waals surface area (Å²) in [6.45, 7) is 0.497. The second-order valence-electron chi connectivity index (χ2n) is 6.48. The number of anilines is 1. The Morgan fingerprint density at radius 2 is 2.07 bits per heavy atom. The van der Waals surface area contributed by atoms with Crippen molar-refractivity contribution in [1.29, 1.82) is 0 Å². The van der Waals surface area contributed by atoms with Gasteiger partial charge >= 0.3 is 5.97 Å². The lowest BCUT2D eigenvalue weighted by atomic mass is 10.1. The van der Waals surface area contributed by atoms with E-state index >= 15 is 0 Å². The smallest absolute Gasteiger partial charge is 0.305 e. The van der Waals surface area contributed by atoms with Crippen molar-refractivity contribution < 1.29 is 32.6 Å².